The van der Waals surface area contributed by atoms with Crippen LogP contribution in [0.4, 0.5) is 5.95 Å². The molecule has 98 valence electrons. The number of H-pyrrole nitrogens is 1. The van der Waals surface area contributed by atoms with Gasteiger partial charge in [0.1, 0.15) is 0 Å². The van der Waals surface area contributed by atoms with Crippen molar-refractivity contribution in [3.05, 3.63) is 4.77 Å². The second-order valence-corrected chi connectivity index (χ2v) is 4.77. The highest BCUT2D eigenvalue weighted by Gasteiger charge is 2.19. The maximum Gasteiger partial charge on any atom is 0.226 e. The van der Waals surface area contributed by atoms with E-state index < -0.39 is 0 Å². The second-order valence-electron chi connectivity index (χ2n) is 4.38. The fraction of sp³-hybridized carbons (Fsp3) is 0.818. The van der Waals surface area contributed by atoms with Crippen LogP contribution >= 0.6 is 12.2 Å². The summed E-state index contributed by atoms with van der Waals surface area (Å²) in [7, 11) is 1.71. The third-order valence-electron chi connectivity index (χ3n) is 2.74. The van der Waals surface area contributed by atoms with Crippen molar-refractivity contribution in [3.63, 3.8) is 0 Å². The zero-order chi connectivity index (χ0) is 13.0. The molecule has 0 fully saturated rings. The van der Waals surface area contributed by atoms with Gasteiger partial charge in [-0.15, -0.1) is 5.10 Å². The van der Waals surface area contributed by atoms with E-state index in [2.05, 4.69) is 42.8 Å². The van der Waals surface area contributed by atoms with E-state index in [0.29, 0.717) is 17.4 Å². The van der Waals surface area contributed by atoms with Crippen LogP contribution in [0, 0.1) is 4.77 Å². The van der Waals surface area contributed by atoms with Gasteiger partial charge >= 0.3 is 0 Å². The minimum Gasteiger partial charge on any atom is -0.383 e. The molecule has 0 aliphatic rings. The van der Waals surface area contributed by atoms with E-state index in [1.165, 1.54) is 0 Å². The molecule has 1 N–H and O–H groups in total. The van der Waals surface area contributed by atoms with Gasteiger partial charge in [0.15, 0.2) is 4.77 Å². The van der Waals surface area contributed by atoms with Gasteiger partial charge in [0, 0.05) is 19.7 Å². The summed E-state index contributed by atoms with van der Waals surface area (Å²) in [6.45, 7) is 9.97. The van der Waals surface area contributed by atoms with Gasteiger partial charge in [-0.2, -0.15) is 0 Å². The quantitative estimate of drug-likeness (QED) is 0.796. The molecule has 0 aliphatic heterocycles. The first-order chi connectivity index (χ1) is 8.02. The third kappa shape index (κ3) is 3.07. The van der Waals surface area contributed by atoms with Crippen molar-refractivity contribution < 1.29 is 4.74 Å². The first-order valence-electron chi connectivity index (χ1n) is 5.95. The zero-order valence-corrected chi connectivity index (χ0v) is 12.0. The number of aromatic amines is 1. The van der Waals surface area contributed by atoms with E-state index in [0.717, 1.165) is 12.5 Å². The standard InChI is InChI=1S/C11H22N4OS/c1-6-14(9(4)7-16-5)10-12-13-11(17)15(10)8(2)3/h8-9H,6-7H2,1-5H3,(H,13,17). The summed E-state index contributed by atoms with van der Waals surface area (Å²) in [5.74, 6) is 0.886. The minimum atomic E-state index is 0.271. The molecule has 1 atom stereocenters. The highest BCUT2D eigenvalue weighted by molar-refractivity contribution is 7.71. The Labute approximate surface area is 108 Å². The third-order valence-corrected chi connectivity index (χ3v) is 3.03. The topological polar surface area (TPSA) is 46.1 Å². The minimum absolute atomic E-state index is 0.271. The van der Waals surface area contributed by atoms with Gasteiger partial charge in [-0.05, 0) is 39.9 Å². The van der Waals surface area contributed by atoms with Crippen LogP contribution in [0.3, 0.4) is 0 Å². The van der Waals surface area contributed by atoms with Crippen molar-refractivity contribution >= 4 is 18.2 Å². The average molecular weight is 258 g/mol. The summed E-state index contributed by atoms with van der Waals surface area (Å²) in [4.78, 5) is 2.19. The molecule has 1 aromatic rings. The van der Waals surface area contributed by atoms with Crippen LogP contribution in [-0.4, -0.2) is 41.1 Å². The summed E-state index contributed by atoms with van der Waals surface area (Å²) < 4.78 is 7.90. The predicted molar refractivity (Wildman–Crippen MR) is 72.2 cm³/mol. The largest absolute Gasteiger partial charge is 0.383 e. The summed E-state index contributed by atoms with van der Waals surface area (Å²) >= 11 is 5.25. The summed E-state index contributed by atoms with van der Waals surface area (Å²) in [5, 5.41) is 7.19. The number of aromatic nitrogens is 3. The lowest BCUT2D eigenvalue weighted by molar-refractivity contribution is 0.181. The maximum atomic E-state index is 5.25. The Hall–Kier alpha value is -0.880. The van der Waals surface area contributed by atoms with Crippen LogP contribution in [0.15, 0.2) is 0 Å². The fourth-order valence-corrected chi connectivity index (χ4v) is 2.28. The smallest absolute Gasteiger partial charge is 0.226 e. The summed E-state index contributed by atoms with van der Waals surface area (Å²) in [6.07, 6.45) is 0. The Kier molecular flexibility index (Phi) is 5.14. The van der Waals surface area contributed by atoms with Gasteiger partial charge < -0.3 is 9.64 Å². The van der Waals surface area contributed by atoms with Crippen LogP contribution in [0.5, 0.6) is 0 Å². The number of anilines is 1. The molecule has 1 unspecified atom stereocenters. The number of rotatable bonds is 6. The first-order valence-corrected chi connectivity index (χ1v) is 6.36. The van der Waals surface area contributed by atoms with Gasteiger partial charge in [0.25, 0.3) is 0 Å². The van der Waals surface area contributed by atoms with Crippen molar-refractivity contribution in [1.82, 2.24) is 14.8 Å². The molecule has 0 saturated heterocycles. The molecule has 5 nitrogen and oxygen atoms in total. The molecule has 0 bridgehead atoms. The Bertz CT molecular complexity index is 398. The predicted octanol–water partition coefficient (Wildman–Crippen LogP) is 2.38. The summed E-state index contributed by atoms with van der Waals surface area (Å²) in [5.41, 5.74) is 0. The van der Waals surface area contributed by atoms with Crippen molar-refractivity contribution in [2.45, 2.75) is 39.8 Å². The van der Waals surface area contributed by atoms with Crippen molar-refractivity contribution in [3.8, 4) is 0 Å². The van der Waals surface area contributed by atoms with E-state index in [-0.39, 0.29) is 6.04 Å². The van der Waals surface area contributed by atoms with Crippen LogP contribution in [0.25, 0.3) is 0 Å². The molecule has 0 aliphatic carbocycles. The lowest BCUT2D eigenvalue weighted by Crippen LogP contribution is -2.38. The number of likely N-dealkylation sites (N-methyl/N-ethyl adjacent to an activating group) is 1. The Balaban J connectivity index is 3.08. The normalized spacial score (nSPS) is 13.1. The highest BCUT2D eigenvalue weighted by Crippen LogP contribution is 2.19. The van der Waals surface area contributed by atoms with Crippen molar-refractivity contribution in [1.29, 1.82) is 0 Å². The lowest BCUT2D eigenvalue weighted by atomic mass is 10.3. The molecule has 1 rings (SSSR count). The summed E-state index contributed by atoms with van der Waals surface area (Å²) in [6, 6.07) is 0.563. The lowest BCUT2D eigenvalue weighted by Gasteiger charge is -2.29. The van der Waals surface area contributed by atoms with E-state index in [4.69, 9.17) is 17.0 Å². The molecule has 0 radical (unpaired) electrons. The number of methoxy groups -OCH3 is 1. The molecule has 0 spiro atoms. The van der Waals surface area contributed by atoms with E-state index in [1.807, 2.05) is 4.57 Å². The number of nitrogens with one attached hydrogen (secondary N) is 1. The molecule has 0 aromatic carbocycles. The monoisotopic (exact) mass is 258 g/mol. The molecular weight excluding hydrogens is 236 g/mol. The molecule has 0 amide bonds. The zero-order valence-electron chi connectivity index (χ0n) is 11.2. The Morgan fingerprint density at radius 2 is 2.12 bits per heavy atom. The van der Waals surface area contributed by atoms with Crippen molar-refractivity contribution in [2.75, 3.05) is 25.2 Å². The van der Waals surface area contributed by atoms with E-state index in [1.54, 1.807) is 7.11 Å². The Morgan fingerprint density at radius 1 is 1.47 bits per heavy atom. The maximum absolute atomic E-state index is 5.25. The molecule has 1 aromatic heterocycles. The van der Waals surface area contributed by atoms with Gasteiger partial charge in [-0.25, -0.2) is 5.10 Å². The molecule has 17 heavy (non-hydrogen) atoms. The number of nitrogens with zero attached hydrogens (tertiary/aromatic N) is 3. The van der Waals surface area contributed by atoms with Gasteiger partial charge in [0.2, 0.25) is 5.95 Å². The van der Waals surface area contributed by atoms with Gasteiger partial charge in [0.05, 0.1) is 12.6 Å². The molecule has 1 heterocycles. The fourth-order valence-electron chi connectivity index (χ4n) is 1.95. The van der Waals surface area contributed by atoms with E-state index in [9.17, 15) is 0 Å². The average Bonchev–Trinajstić information content (AvgIpc) is 2.62. The molecule has 6 heteroatoms. The molecular formula is C11H22N4OS. The number of hydrogen-bond donors (Lipinski definition) is 1. The van der Waals surface area contributed by atoms with Crippen molar-refractivity contribution in [2.24, 2.45) is 0 Å². The van der Waals surface area contributed by atoms with E-state index >= 15 is 0 Å². The SMILES string of the molecule is CCN(c1n[nH]c(=S)n1C(C)C)C(C)COC. The van der Waals surface area contributed by atoms with Crippen LogP contribution in [-0.2, 0) is 4.74 Å². The molecule has 0 saturated carbocycles. The van der Waals surface area contributed by atoms with Crippen LogP contribution < -0.4 is 4.90 Å². The van der Waals surface area contributed by atoms with Gasteiger partial charge in [-0.1, -0.05) is 0 Å². The first kappa shape index (κ1) is 14.2. The van der Waals surface area contributed by atoms with Crippen LogP contribution in [0.1, 0.15) is 33.7 Å². The second kappa shape index (κ2) is 6.16. The number of ether oxygens (including phenoxy) is 1. The number of hydrogen-bond acceptors (Lipinski definition) is 4. The van der Waals surface area contributed by atoms with Gasteiger partial charge in [-0.3, -0.25) is 4.57 Å². The highest BCUT2D eigenvalue weighted by atomic mass is 32.1. The Morgan fingerprint density at radius 3 is 2.59 bits per heavy atom. The van der Waals surface area contributed by atoms with Crippen LogP contribution in [0.2, 0.25) is 0 Å².